The molecule has 1 aromatic carbocycles. The number of anilines is 1. The fraction of sp³-hybridized carbons (Fsp3) is 0.278. The summed E-state index contributed by atoms with van der Waals surface area (Å²) in [7, 11) is -3.68. The highest BCUT2D eigenvalue weighted by atomic mass is 32.2. The molecule has 3 rings (SSSR count). The Bertz CT molecular complexity index is 880. The molecule has 1 amide bonds. The van der Waals surface area contributed by atoms with Gasteiger partial charge in [-0.2, -0.15) is 0 Å². The SMILES string of the molecule is O=C(CNS(=O)(=O)/C=C/c1ccccc1)N1CCN(c2ncccn2)CC1. The van der Waals surface area contributed by atoms with Gasteiger partial charge in [-0.15, -0.1) is 0 Å². The highest BCUT2D eigenvalue weighted by Gasteiger charge is 2.23. The number of piperazine rings is 1. The van der Waals surface area contributed by atoms with Crippen molar-refractivity contribution in [2.24, 2.45) is 0 Å². The number of rotatable bonds is 6. The van der Waals surface area contributed by atoms with Crippen molar-refractivity contribution in [3.8, 4) is 0 Å². The number of hydrogen-bond acceptors (Lipinski definition) is 6. The predicted molar refractivity (Wildman–Crippen MR) is 103 cm³/mol. The maximum Gasteiger partial charge on any atom is 0.237 e. The van der Waals surface area contributed by atoms with Gasteiger partial charge in [0.2, 0.25) is 21.9 Å². The Morgan fingerprint density at radius 2 is 1.70 bits per heavy atom. The maximum atomic E-state index is 12.3. The molecule has 0 unspecified atom stereocenters. The van der Waals surface area contributed by atoms with Crippen LogP contribution in [0, 0.1) is 0 Å². The normalized spacial score (nSPS) is 15.3. The van der Waals surface area contributed by atoms with Gasteiger partial charge in [-0.3, -0.25) is 4.79 Å². The van der Waals surface area contributed by atoms with Crippen LogP contribution in [0.15, 0.2) is 54.2 Å². The Morgan fingerprint density at radius 3 is 2.37 bits per heavy atom. The molecular weight excluding hydrogens is 366 g/mol. The lowest BCUT2D eigenvalue weighted by atomic mass is 10.2. The van der Waals surface area contributed by atoms with Gasteiger partial charge in [-0.05, 0) is 17.7 Å². The molecular formula is C18H21N5O3S. The molecule has 9 heteroatoms. The molecule has 0 aliphatic carbocycles. The highest BCUT2D eigenvalue weighted by Crippen LogP contribution is 2.09. The largest absolute Gasteiger partial charge is 0.338 e. The first-order valence-corrected chi connectivity index (χ1v) is 10.1. The second-order valence-electron chi connectivity index (χ2n) is 6.00. The van der Waals surface area contributed by atoms with Gasteiger partial charge in [-0.1, -0.05) is 30.3 Å². The summed E-state index contributed by atoms with van der Waals surface area (Å²) in [6.07, 6.45) is 4.85. The summed E-state index contributed by atoms with van der Waals surface area (Å²) < 4.78 is 26.4. The smallest absolute Gasteiger partial charge is 0.237 e. The van der Waals surface area contributed by atoms with Gasteiger partial charge in [0.1, 0.15) is 0 Å². The molecule has 1 fully saturated rings. The van der Waals surface area contributed by atoms with E-state index < -0.39 is 10.0 Å². The van der Waals surface area contributed by atoms with Crippen LogP contribution in [0.25, 0.3) is 6.08 Å². The lowest BCUT2D eigenvalue weighted by Crippen LogP contribution is -2.51. The van der Waals surface area contributed by atoms with Crippen molar-refractivity contribution in [1.29, 1.82) is 0 Å². The molecule has 27 heavy (non-hydrogen) atoms. The number of nitrogens with one attached hydrogen (secondary N) is 1. The standard InChI is InChI=1S/C18H21N5O3S/c24-17(15-21-27(25,26)14-7-16-5-2-1-3-6-16)22-10-12-23(13-11-22)18-19-8-4-9-20-18/h1-9,14,21H,10-13,15H2/b14-7+. The summed E-state index contributed by atoms with van der Waals surface area (Å²) in [6, 6.07) is 10.8. The lowest BCUT2D eigenvalue weighted by molar-refractivity contribution is -0.130. The van der Waals surface area contributed by atoms with E-state index >= 15 is 0 Å². The number of carbonyl (C=O) groups excluding carboxylic acids is 1. The van der Waals surface area contributed by atoms with Gasteiger partial charge in [0.05, 0.1) is 6.54 Å². The average molecular weight is 387 g/mol. The van der Waals surface area contributed by atoms with E-state index in [0.29, 0.717) is 32.1 Å². The summed E-state index contributed by atoms with van der Waals surface area (Å²) in [5, 5.41) is 1.07. The third kappa shape index (κ3) is 5.60. The van der Waals surface area contributed by atoms with Crippen LogP contribution in [0.4, 0.5) is 5.95 Å². The molecule has 1 N–H and O–H groups in total. The van der Waals surface area contributed by atoms with Crippen LogP contribution in [0.3, 0.4) is 0 Å². The van der Waals surface area contributed by atoms with Gasteiger partial charge >= 0.3 is 0 Å². The number of benzene rings is 1. The first kappa shape index (κ1) is 19.0. The van der Waals surface area contributed by atoms with E-state index in [9.17, 15) is 13.2 Å². The molecule has 2 heterocycles. The summed E-state index contributed by atoms with van der Waals surface area (Å²) >= 11 is 0. The molecule has 0 saturated carbocycles. The minimum Gasteiger partial charge on any atom is -0.338 e. The molecule has 2 aromatic rings. The second-order valence-corrected chi connectivity index (χ2v) is 7.65. The van der Waals surface area contributed by atoms with Gasteiger partial charge in [0.25, 0.3) is 0 Å². The number of aromatic nitrogens is 2. The minimum absolute atomic E-state index is 0.250. The Morgan fingerprint density at radius 1 is 1.04 bits per heavy atom. The van der Waals surface area contributed by atoms with E-state index in [4.69, 9.17) is 0 Å². The Labute approximate surface area is 158 Å². The van der Waals surface area contributed by atoms with Gasteiger partial charge < -0.3 is 9.80 Å². The number of sulfonamides is 1. The zero-order valence-corrected chi connectivity index (χ0v) is 15.5. The number of hydrogen-bond donors (Lipinski definition) is 1. The molecule has 8 nitrogen and oxygen atoms in total. The summed E-state index contributed by atoms with van der Waals surface area (Å²) in [5.41, 5.74) is 0.772. The number of nitrogens with zero attached hydrogens (tertiary/aromatic N) is 4. The molecule has 0 bridgehead atoms. The Hall–Kier alpha value is -2.78. The zero-order valence-electron chi connectivity index (χ0n) is 14.7. The van der Waals surface area contributed by atoms with Crippen molar-refractivity contribution in [2.45, 2.75) is 0 Å². The Kier molecular flexibility index (Phi) is 6.15. The quantitative estimate of drug-likeness (QED) is 0.785. The van der Waals surface area contributed by atoms with Crippen LogP contribution in [0.2, 0.25) is 0 Å². The van der Waals surface area contributed by atoms with Gasteiger partial charge in [0.15, 0.2) is 0 Å². The van der Waals surface area contributed by atoms with E-state index in [1.165, 1.54) is 6.08 Å². The van der Waals surface area contributed by atoms with Gasteiger partial charge in [-0.25, -0.2) is 23.1 Å². The summed E-state index contributed by atoms with van der Waals surface area (Å²) in [6.45, 7) is 1.95. The summed E-state index contributed by atoms with van der Waals surface area (Å²) in [4.78, 5) is 24.3. The maximum absolute atomic E-state index is 12.3. The van der Waals surface area contributed by atoms with E-state index in [1.54, 1.807) is 35.5 Å². The molecule has 0 radical (unpaired) electrons. The van der Waals surface area contributed by atoms with E-state index in [0.717, 1.165) is 11.0 Å². The molecule has 1 saturated heterocycles. The van der Waals surface area contributed by atoms with Crippen LogP contribution in [0.1, 0.15) is 5.56 Å². The van der Waals surface area contributed by atoms with Crippen LogP contribution >= 0.6 is 0 Å². The predicted octanol–water partition coefficient (Wildman–Crippen LogP) is 0.715. The molecule has 142 valence electrons. The number of carbonyl (C=O) groups is 1. The van der Waals surface area contributed by atoms with Gasteiger partial charge in [0, 0.05) is 44.0 Å². The van der Waals surface area contributed by atoms with Crippen molar-refractivity contribution in [3.63, 3.8) is 0 Å². The lowest BCUT2D eigenvalue weighted by Gasteiger charge is -2.34. The van der Waals surface area contributed by atoms with Crippen molar-refractivity contribution in [2.75, 3.05) is 37.6 Å². The van der Waals surface area contributed by atoms with Crippen LogP contribution in [-0.4, -0.2) is 61.9 Å². The Balaban J connectivity index is 1.47. The average Bonchev–Trinajstić information content (AvgIpc) is 2.72. The zero-order chi connectivity index (χ0) is 19.1. The molecule has 1 aliphatic heterocycles. The topological polar surface area (TPSA) is 95.5 Å². The van der Waals surface area contributed by atoms with E-state index in [-0.39, 0.29) is 12.5 Å². The molecule has 1 aromatic heterocycles. The van der Waals surface area contributed by atoms with Crippen molar-refractivity contribution in [3.05, 3.63) is 59.8 Å². The van der Waals surface area contributed by atoms with Crippen molar-refractivity contribution in [1.82, 2.24) is 19.6 Å². The van der Waals surface area contributed by atoms with E-state index in [2.05, 4.69) is 14.7 Å². The first-order valence-electron chi connectivity index (χ1n) is 8.56. The third-order valence-corrected chi connectivity index (χ3v) is 5.17. The second kappa shape index (κ2) is 8.74. The highest BCUT2D eigenvalue weighted by molar-refractivity contribution is 7.92. The minimum atomic E-state index is -3.68. The molecule has 0 spiro atoms. The van der Waals surface area contributed by atoms with Crippen molar-refractivity contribution < 1.29 is 13.2 Å². The molecule has 0 atom stereocenters. The van der Waals surface area contributed by atoms with Crippen molar-refractivity contribution >= 4 is 28.0 Å². The third-order valence-electron chi connectivity index (χ3n) is 4.13. The summed E-state index contributed by atoms with van der Waals surface area (Å²) in [5.74, 6) is 0.386. The first-order chi connectivity index (χ1) is 13.0. The fourth-order valence-corrected chi connectivity index (χ4v) is 3.42. The van der Waals surface area contributed by atoms with Crippen LogP contribution in [-0.2, 0) is 14.8 Å². The fourth-order valence-electron chi connectivity index (χ4n) is 2.66. The number of amides is 1. The monoisotopic (exact) mass is 387 g/mol. The molecule has 1 aliphatic rings. The van der Waals surface area contributed by atoms with E-state index in [1.807, 2.05) is 23.1 Å². The van der Waals surface area contributed by atoms with Crippen LogP contribution in [0.5, 0.6) is 0 Å². The van der Waals surface area contributed by atoms with Crippen LogP contribution < -0.4 is 9.62 Å².